The third-order valence-corrected chi connectivity index (χ3v) is 7.63. The second-order valence-electron chi connectivity index (χ2n) is 8.84. The van der Waals surface area contributed by atoms with Crippen LogP contribution in [0.25, 0.3) is 11.2 Å². The highest BCUT2D eigenvalue weighted by Crippen LogP contribution is 2.44. The fraction of sp³-hybridized carbons (Fsp3) is 0.222. The van der Waals surface area contributed by atoms with Gasteiger partial charge in [-0.3, -0.25) is 9.78 Å². The van der Waals surface area contributed by atoms with Crippen LogP contribution >= 0.6 is 11.8 Å². The molecule has 2 aliphatic heterocycles. The van der Waals surface area contributed by atoms with Crippen molar-refractivity contribution in [3.8, 4) is 0 Å². The second kappa shape index (κ2) is 9.20. The highest BCUT2D eigenvalue weighted by Gasteiger charge is 2.19. The fourth-order valence-electron chi connectivity index (χ4n) is 4.42. The zero-order valence-corrected chi connectivity index (χ0v) is 20.0. The van der Waals surface area contributed by atoms with Crippen LogP contribution in [-0.2, 0) is 4.74 Å². The van der Waals surface area contributed by atoms with Crippen LogP contribution in [-0.4, -0.2) is 40.0 Å². The Labute approximate surface area is 207 Å². The summed E-state index contributed by atoms with van der Waals surface area (Å²) in [4.78, 5) is 24.1. The number of benzene rings is 2. The van der Waals surface area contributed by atoms with Crippen molar-refractivity contribution in [2.45, 2.75) is 22.6 Å². The van der Waals surface area contributed by atoms with Gasteiger partial charge < -0.3 is 19.8 Å². The fourth-order valence-corrected chi connectivity index (χ4v) is 5.39. The minimum Gasteiger partial charge on any atom is -0.381 e. The first kappa shape index (κ1) is 21.9. The summed E-state index contributed by atoms with van der Waals surface area (Å²) in [7, 11) is 0. The molecule has 1 fully saturated rings. The highest BCUT2D eigenvalue weighted by atomic mass is 32.2. The third kappa shape index (κ3) is 4.42. The monoisotopic (exact) mass is 483 g/mol. The Morgan fingerprint density at radius 1 is 1.11 bits per heavy atom. The van der Waals surface area contributed by atoms with Crippen molar-refractivity contribution in [3.05, 3.63) is 84.6 Å². The lowest BCUT2D eigenvalue weighted by Gasteiger charge is -2.21. The molecule has 2 aliphatic rings. The van der Waals surface area contributed by atoms with Crippen molar-refractivity contribution in [3.63, 3.8) is 0 Å². The number of carbonyl (C=O) groups is 1. The Bertz CT molecular complexity index is 1440. The highest BCUT2D eigenvalue weighted by molar-refractivity contribution is 7.99. The standard InChI is InChI=1S/C27H25N5O2S/c1-17(19-6-7-25-21(12-19)30-20-4-2-3-5-24(20)35-25)22-15-32-16-23(31-26(32)14-28-22)27(33)29-13-18-8-10-34-11-9-18/h2-7,12,14-16,18,30H,1,8-11,13H2,(H,29,33). The Kier molecular flexibility index (Phi) is 5.75. The van der Waals surface area contributed by atoms with E-state index in [4.69, 9.17) is 4.74 Å². The number of ether oxygens (including phenoxy) is 1. The van der Waals surface area contributed by atoms with Crippen LogP contribution in [0, 0.1) is 5.92 Å². The molecular formula is C27H25N5O2S. The van der Waals surface area contributed by atoms with E-state index >= 15 is 0 Å². The molecule has 1 amide bonds. The zero-order chi connectivity index (χ0) is 23.8. The lowest BCUT2D eigenvalue weighted by molar-refractivity contribution is 0.0642. The molecule has 0 spiro atoms. The van der Waals surface area contributed by atoms with Crippen molar-refractivity contribution < 1.29 is 9.53 Å². The summed E-state index contributed by atoms with van der Waals surface area (Å²) in [6.45, 7) is 6.47. The molecule has 0 atom stereocenters. The molecule has 0 radical (unpaired) electrons. The Morgan fingerprint density at radius 2 is 1.91 bits per heavy atom. The molecule has 2 aromatic heterocycles. The molecule has 0 saturated carbocycles. The molecule has 176 valence electrons. The van der Waals surface area contributed by atoms with Crippen LogP contribution in [0.5, 0.6) is 0 Å². The largest absolute Gasteiger partial charge is 0.381 e. The van der Waals surface area contributed by atoms with Crippen LogP contribution in [0.15, 0.2) is 77.4 Å². The average molecular weight is 484 g/mol. The minimum atomic E-state index is -0.167. The Balaban J connectivity index is 1.19. The van der Waals surface area contributed by atoms with E-state index in [1.54, 1.807) is 24.2 Å². The molecule has 2 aromatic carbocycles. The molecule has 4 aromatic rings. The number of aromatic nitrogens is 3. The molecule has 1 saturated heterocycles. The Morgan fingerprint density at radius 3 is 2.80 bits per heavy atom. The number of fused-ring (bicyclic) bond motifs is 3. The van der Waals surface area contributed by atoms with E-state index in [-0.39, 0.29) is 5.91 Å². The van der Waals surface area contributed by atoms with Crippen LogP contribution < -0.4 is 10.6 Å². The summed E-state index contributed by atoms with van der Waals surface area (Å²) in [5.74, 6) is 0.290. The van der Waals surface area contributed by atoms with E-state index in [2.05, 4.69) is 57.5 Å². The number of nitrogens with zero attached hydrogens (tertiary/aromatic N) is 3. The summed E-state index contributed by atoms with van der Waals surface area (Å²) < 4.78 is 7.22. The number of para-hydroxylation sites is 1. The van der Waals surface area contributed by atoms with Gasteiger partial charge in [-0.05, 0) is 48.6 Å². The molecule has 2 N–H and O–H groups in total. The van der Waals surface area contributed by atoms with Gasteiger partial charge >= 0.3 is 0 Å². The second-order valence-corrected chi connectivity index (χ2v) is 9.93. The summed E-state index contributed by atoms with van der Waals surface area (Å²) in [5, 5.41) is 6.53. The van der Waals surface area contributed by atoms with Gasteiger partial charge in [0.25, 0.3) is 5.91 Å². The number of nitrogens with one attached hydrogen (secondary N) is 2. The third-order valence-electron chi connectivity index (χ3n) is 6.48. The predicted octanol–water partition coefficient (Wildman–Crippen LogP) is 5.16. The van der Waals surface area contributed by atoms with E-state index in [9.17, 15) is 4.79 Å². The molecule has 8 heteroatoms. The van der Waals surface area contributed by atoms with Gasteiger partial charge in [-0.25, -0.2) is 4.98 Å². The maximum Gasteiger partial charge on any atom is 0.271 e. The molecular weight excluding hydrogens is 458 g/mol. The normalized spacial score (nSPS) is 15.2. The first-order chi connectivity index (χ1) is 17.1. The van der Waals surface area contributed by atoms with Gasteiger partial charge in [0, 0.05) is 47.5 Å². The van der Waals surface area contributed by atoms with Crippen LogP contribution in [0.1, 0.15) is 34.6 Å². The maximum atomic E-state index is 12.7. The molecule has 6 rings (SSSR count). The molecule has 7 nitrogen and oxygen atoms in total. The van der Waals surface area contributed by atoms with Gasteiger partial charge in [0.1, 0.15) is 5.69 Å². The first-order valence-electron chi connectivity index (χ1n) is 11.7. The van der Waals surface area contributed by atoms with Crippen molar-refractivity contribution in [2.75, 3.05) is 25.1 Å². The summed E-state index contributed by atoms with van der Waals surface area (Å²) in [6.07, 6.45) is 7.25. The topological polar surface area (TPSA) is 80.5 Å². The van der Waals surface area contributed by atoms with Crippen molar-refractivity contribution in [1.29, 1.82) is 0 Å². The van der Waals surface area contributed by atoms with E-state index in [0.717, 1.165) is 54.3 Å². The first-order valence-corrected chi connectivity index (χ1v) is 12.5. The SMILES string of the molecule is C=C(c1ccc2c(c1)Nc1ccccc1S2)c1cn2cc(C(=O)NCC3CCOCC3)nc2cn1. The minimum absolute atomic E-state index is 0.167. The summed E-state index contributed by atoms with van der Waals surface area (Å²) in [5.41, 5.74) is 5.69. The van der Waals surface area contributed by atoms with Crippen molar-refractivity contribution in [1.82, 2.24) is 19.7 Å². The Hall–Kier alpha value is -3.62. The van der Waals surface area contributed by atoms with E-state index < -0.39 is 0 Å². The number of carbonyl (C=O) groups excluding carboxylic acids is 1. The van der Waals surface area contributed by atoms with Crippen LogP contribution in [0.2, 0.25) is 0 Å². The van der Waals surface area contributed by atoms with Gasteiger partial charge in [-0.15, -0.1) is 0 Å². The zero-order valence-electron chi connectivity index (χ0n) is 19.2. The smallest absolute Gasteiger partial charge is 0.271 e. The summed E-state index contributed by atoms with van der Waals surface area (Å²) in [6, 6.07) is 14.6. The number of hydrogen-bond donors (Lipinski definition) is 2. The lowest BCUT2D eigenvalue weighted by Crippen LogP contribution is -2.32. The van der Waals surface area contributed by atoms with Crippen LogP contribution in [0.3, 0.4) is 0 Å². The van der Waals surface area contributed by atoms with E-state index in [1.165, 1.54) is 9.79 Å². The maximum absolute atomic E-state index is 12.7. The van der Waals surface area contributed by atoms with Gasteiger partial charge in [-0.1, -0.05) is 36.5 Å². The van der Waals surface area contributed by atoms with E-state index in [0.29, 0.717) is 23.8 Å². The van der Waals surface area contributed by atoms with Crippen molar-refractivity contribution >= 4 is 40.3 Å². The van der Waals surface area contributed by atoms with Gasteiger partial charge in [0.15, 0.2) is 5.65 Å². The quantitative estimate of drug-likeness (QED) is 0.360. The van der Waals surface area contributed by atoms with Crippen molar-refractivity contribution in [2.24, 2.45) is 5.92 Å². The number of anilines is 2. The molecule has 35 heavy (non-hydrogen) atoms. The van der Waals surface area contributed by atoms with Gasteiger partial charge in [0.2, 0.25) is 0 Å². The summed E-state index contributed by atoms with van der Waals surface area (Å²) >= 11 is 1.75. The predicted molar refractivity (Wildman–Crippen MR) is 137 cm³/mol. The number of rotatable bonds is 5. The number of amides is 1. The van der Waals surface area contributed by atoms with Gasteiger partial charge in [-0.2, -0.15) is 0 Å². The lowest BCUT2D eigenvalue weighted by atomic mass is 10.0. The van der Waals surface area contributed by atoms with Crippen LogP contribution in [0.4, 0.5) is 11.4 Å². The van der Waals surface area contributed by atoms with E-state index in [1.807, 2.05) is 22.7 Å². The number of hydrogen-bond acceptors (Lipinski definition) is 6. The van der Waals surface area contributed by atoms with Gasteiger partial charge in [0.05, 0.1) is 23.3 Å². The number of imidazole rings is 1. The molecule has 0 bridgehead atoms. The average Bonchev–Trinajstić information content (AvgIpc) is 3.34. The molecule has 4 heterocycles. The molecule has 0 unspecified atom stereocenters. The molecule has 0 aliphatic carbocycles.